The highest BCUT2D eigenvalue weighted by atomic mass is 16.7. The Balaban J connectivity index is 0.000000202. The Bertz CT molecular complexity index is 2440. The van der Waals surface area contributed by atoms with Gasteiger partial charge in [-0.3, -0.25) is 0 Å². The Labute approximate surface area is 489 Å². The van der Waals surface area contributed by atoms with Crippen molar-refractivity contribution >= 4 is 11.9 Å². The molecule has 0 aromatic rings. The van der Waals surface area contributed by atoms with E-state index in [-0.39, 0.29) is 90.4 Å². The molecule has 468 valence electrons. The Hall–Kier alpha value is -2.18. The van der Waals surface area contributed by atoms with Crippen LogP contribution in [0.15, 0.2) is 23.3 Å². The van der Waals surface area contributed by atoms with Crippen molar-refractivity contribution in [3.05, 3.63) is 23.3 Å². The predicted molar refractivity (Wildman–Crippen MR) is 296 cm³/mol. The van der Waals surface area contributed by atoms with Crippen molar-refractivity contribution < 1.29 is 93.4 Å². The first-order valence-electron chi connectivity index (χ1n) is 32.1. The maximum Gasteiger partial charge on any atom is 0.331 e. The van der Waals surface area contributed by atoms with Gasteiger partial charge < -0.3 is 83.9 Å². The fourth-order valence-corrected chi connectivity index (χ4v) is 21.1. The average Bonchev–Trinajstić information content (AvgIpc) is 2.54. The number of aliphatic hydroxyl groups is 9. The molecule has 0 unspecified atom stereocenters. The lowest BCUT2D eigenvalue weighted by atomic mass is 9.42. The number of carbonyl (C=O) groups excluding carboxylic acids is 2. The molecule has 5 heterocycles. The second-order valence-electron chi connectivity index (χ2n) is 29.6. The summed E-state index contributed by atoms with van der Waals surface area (Å²) in [6, 6.07) is 0. The zero-order chi connectivity index (χ0) is 59.1. The minimum atomic E-state index is -1.01. The summed E-state index contributed by atoms with van der Waals surface area (Å²) in [6.07, 6.45) is 6.18. The third kappa shape index (κ3) is 10.0. The molecule has 11 fully saturated rings. The minimum absolute atomic E-state index is 0.00129. The van der Waals surface area contributed by atoms with Gasteiger partial charge in [0.2, 0.25) is 0 Å². The molecule has 19 nitrogen and oxygen atoms in total. The van der Waals surface area contributed by atoms with Crippen LogP contribution in [0, 0.1) is 69.0 Å². The second kappa shape index (κ2) is 22.4. The molecule has 0 radical (unpaired) electrons. The Morgan fingerprint density at radius 3 is 1.35 bits per heavy atom. The van der Waals surface area contributed by atoms with E-state index >= 15 is 0 Å². The molecule has 8 saturated carbocycles. The predicted octanol–water partition coefficient (Wildman–Crippen LogP) is 4.79. The normalized spacial score (nSPS) is 55.6. The van der Waals surface area contributed by atoms with Crippen LogP contribution in [0.25, 0.3) is 0 Å². The van der Waals surface area contributed by atoms with Gasteiger partial charge in [-0.05, 0) is 193 Å². The number of hydrogen-bond acceptors (Lipinski definition) is 19. The van der Waals surface area contributed by atoms with Gasteiger partial charge in [0.05, 0.1) is 72.2 Å². The number of rotatable bonds is 8. The van der Waals surface area contributed by atoms with E-state index in [9.17, 15) is 55.5 Å². The number of hydrogen-bond donors (Lipinski definition) is 9. The van der Waals surface area contributed by atoms with Crippen molar-refractivity contribution in [2.45, 2.75) is 280 Å². The summed E-state index contributed by atoms with van der Waals surface area (Å²) >= 11 is 0. The third-order valence-electron chi connectivity index (χ3n) is 26.0. The van der Waals surface area contributed by atoms with Crippen molar-refractivity contribution in [2.75, 3.05) is 13.2 Å². The summed E-state index contributed by atoms with van der Waals surface area (Å²) < 4.78 is 47.2. The average molecular weight is 1170 g/mol. The van der Waals surface area contributed by atoms with Crippen LogP contribution in [0.1, 0.15) is 170 Å². The fraction of sp³-hybridized carbons (Fsp3) is 0.906. The van der Waals surface area contributed by atoms with Gasteiger partial charge in [-0.25, -0.2) is 9.59 Å². The molecule has 5 aliphatic heterocycles. The first-order chi connectivity index (χ1) is 39.2. The number of carbonyl (C=O) groups is 2. The lowest BCUT2D eigenvalue weighted by molar-refractivity contribution is -0.336. The highest BCUT2D eigenvalue weighted by Crippen LogP contribution is 2.72. The molecule has 13 aliphatic rings. The van der Waals surface area contributed by atoms with Crippen LogP contribution in [0.5, 0.6) is 0 Å². The van der Waals surface area contributed by atoms with E-state index in [2.05, 4.69) is 13.8 Å². The smallest absolute Gasteiger partial charge is 0.331 e. The first kappa shape index (κ1) is 61.1. The molecular weight excluding hydrogens is 1070 g/mol. The number of aliphatic hydroxyl groups excluding tert-OH is 7. The van der Waals surface area contributed by atoms with Crippen LogP contribution in [0.4, 0.5) is 0 Å². The van der Waals surface area contributed by atoms with Gasteiger partial charge in [-0.1, -0.05) is 27.7 Å². The molecule has 0 spiro atoms. The molecule has 0 aromatic heterocycles. The summed E-state index contributed by atoms with van der Waals surface area (Å²) in [5.41, 5.74) is -1.40. The van der Waals surface area contributed by atoms with Crippen molar-refractivity contribution in [2.24, 2.45) is 69.0 Å². The van der Waals surface area contributed by atoms with Crippen molar-refractivity contribution in [3.63, 3.8) is 0 Å². The van der Waals surface area contributed by atoms with Crippen LogP contribution in [-0.2, 0) is 47.5 Å². The van der Waals surface area contributed by atoms with E-state index in [1.807, 2.05) is 20.8 Å². The molecule has 13 rings (SSSR count). The van der Waals surface area contributed by atoms with Crippen molar-refractivity contribution in [1.82, 2.24) is 0 Å². The first-order valence-corrected chi connectivity index (χ1v) is 32.1. The Morgan fingerprint density at radius 2 is 0.904 bits per heavy atom. The van der Waals surface area contributed by atoms with E-state index in [0.717, 1.165) is 88.2 Å². The molecule has 3 saturated heterocycles. The van der Waals surface area contributed by atoms with Crippen molar-refractivity contribution in [3.8, 4) is 0 Å². The van der Waals surface area contributed by atoms with Crippen LogP contribution < -0.4 is 0 Å². The van der Waals surface area contributed by atoms with E-state index in [4.69, 9.17) is 37.9 Å². The standard InChI is InChI=1S/C41H64O14.C23H34O5/c1-19-36(47)28(42)15-34(50-19)54-38-21(3)52-35(17-30(38)44)55-37-20(2)51-33(16-29(37)43)53-24-8-10-39(4)23(13-24)6-7-26-27(39)14-31(45)40(5)25(9-11-41(26,40)48)22-12-32(46)49-18-22;1-21-7-5-15(24)10-14(21)3-4-17-18(21)11-19(25)22(2)16(6-8-23(17,22)27)13-9-20(26)28-12-13/h12,19-21,23-31,33-38,42-45,47-48H,6-11,13-18H2,1-5H3;9,14-19,24-25,27H,3-8,10-12H2,1-2H3/t19-,20-,21-,23-,24+,25-,26-,27+,28+,29+,30+,31-,33+,34+,35+,36-,37-,38-,39+,40+,41+;14-,15+,16-,17-,18+,19-,21+,22+,23+/m11/s1. The van der Waals surface area contributed by atoms with Crippen LogP contribution in [-0.4, -0.2) is 181 Å². The number of cyclic esters (lactones) is 2. The maximum atomic E-state index is 12.6. The zero-order valence-corrected chi connectivity index (χ0v) is 50.0. The summed E-state index contributed by atoms with van der Waals surface area (Å²) in [7, 11) is 0. The zero-order valence-electron chi connectivity index (χ0n) is 50.0. The van der Waals surface area contributed by atoms with Crippen LogP contribution in [0.2, 0.25) is 0 Å². The second-order valence-corrected chi connectivity index (χ2v) is 29.6. The van der Waals surface area contributed by atoms with Gasteiger partial charge in [0.1, 0.15) is 31.5 Å². The number of fused-ring (bicyclic) bond motifs is 10. The maximum absolute atomic E-state index is 12.6. The Morgan fingerprint density at radius 1 is 0.470 bits per heavy atom. The summed E-state index contributed by atoms with van der Waals surface area (Å²) in [5.74, 6) is 0.862. The monoisotopic (exact) mass is 1170 g/mol. The molecule has 0 bridgehead atoms. The van der Waals surface area contributed by atoms with E-state index in [0.29, 0.717) is 50.0 Å². The van der Waals surface area contributed by atoms with E-state index in [1.54, 1.807) is 26.0 Å². The van der Waals surface area contributed by atoms with Crippen LogP contribution >= 0.6 is 0 Å². The summed E-state index contributed by atoms with van der Waals surface area (Å²) in [4.78, 5) is 23.6. The van der Waals surface area contributed by atoms with Gasteiger partial charge in [0, 0.05) is 42.2 Å². The molecule has 0 aromatic carbocycles. The van der Waals surface area contributed by atoms with Gasteiger partial charge in [-0.2, -0.15) is 0 Å². The largest absolute Gasteiger partial charge is 0.458 e. The highest BCUT2D eigenvalue weighted by Gasteiger charge is 2.73. The number of ether oxygens (including phenoxy) is 8. The molecule has 9 N–H and O–H groups in total. The molecule has 0 amide bonds. The Kier molecular flexibility index (Phi) is 16.5. The molecular formula is C64H98O19. The lowest BCUT2D eigenvalue weighted by Gasteiger charge is -2.65. The van der Waals surface area contributed by atoms with Gasteiger partial charge in [0.25, 0.3) is 0 Å². The third-order valence-corrected chi connectivity index (χ3v) is 26.0. The molecule has 8 aliphatic carbocycles. The lowest BCUT2D eigenvalue weighted by Crippen LogP contribution is -2.67. The SMILES string of the molecule is C[C@H]1O[C@@H](O[C@H]2[C@@H](O)C[C@H](O[C@H]3[C@@H](O)C[C@H](O[C@H]4CC[C@@]5(C)[C@H](CC[C@@H]6[C@@H]5C[C@@H](O)[C@]5(C)[C@@H](C7=CC(=O)OC7)CC[C@]65O)C4)O[C@@H]3C)O[C@@H]2C)C[C@H](O)[C@@H]1O.C[C@]12CC[C@H](O)C[C@H]1CC[C@@H]1[C@@H]2C[C@@H](O)[C@]2(C)[C@@H](C3=CC(=O)OC3)CC[C@]12O. The van der Waals surface area contributed by atoms with Gasteiger partial charge in [-0.15, -0.1) is 0 Å². The van der Waals surface area contributed by atoms with Gasteiger partial charge in [0.15, 0.2) is 18.9 Å². The van der Waals surface area contributed by atoms with Gasteiger partial charge >= 0.3 is 11.9 Å². The molecule has 83 heavy (non-hydrogen) atoms. The van der Waals surface area contributed by atoms with E-state index in [1.165, 1.54) is 0 Å². The van der Waals surface area contributed by atoms with Crippen LogP contribution in [0.3, 0.4) is 0 Å². The minimum Gasteiger partial charge on any atom is -0.458 e. The summed E-state index contributed by atoms with van der Waals surface area (Å²) in [5, 5.41) is 101. The highest BCUT2D eigenvalue weighted by molar-refractivity contribution is 5.86. The topological polar surface area (TPSA) is 290 Å². The summed E-state index contributed by atoms with van der Waals surface area (Å²) in [6.45, 7) is 14.6. The fourth-order valence-electron chi connectivity index (χ4n) is 21.1. The quantitative estimate of drug-likeness (QED) is 0.117. The molecule has 19 heteroatoms. The van der Waals surface area contributed by atoms with Crippen molar-refractivity contribution in [1.29, 1.82) is 0 Å². The van der Waals surface area contributed by atoms with E-state index < -0.39 is 108 Å². The number of esters is 2. The molecule has 30 atom stereocenters.